The van der Waals surface area contributed by atoms with Crippen LogP contribution in [-0.4, -0.2) is 16.6 Å². The van der Waals surface area contributed by atoms with Crippen molar-refractivity contribution in [2.24, 2.45) is 0 Å². The zero-order chi connectivity index (χ0) is 16.6. The van der Waals surface area contributed by atoms with Crippen LogP contribution in [0.2, 0.25) is 10.2 Å². The SMILES string of the molecule is CNc1c(C#N)c(=O)n(-c2ccccc2Cl)c2nc(Cl)ccc12. The normalized spacial score (nSPS) is 10.5. The van der Waals surface area contributed by atoms with Gasteiger partial charge in [0.15, 0.2) is 5.65 Å². The summed E-state index contributed by atoms with van der Waals surface area (Å²) in [6, 6.07) is 12.1. The molecule has 0 fully saturated rings. The summed E-state index contributed by atoms with van der Waals surface area (Å²) in [5.74, 6) is 0. The van der Waals surface area contributed by atoms with Crippen molar-refractivity contribution in [2.45, 2.75) is 0 Å². The van der Waals surface area contributed by atoms with Crippen molar-refractivity contribution < 1.29 is 0 Å². The van der Waals surface area contributed by atoms with Gasteiger partial charge in [-0.2, -0.15) is 5.26 Å². The van der Waals surface area contributed by atoms with E-state index in [1.54, 1.807) is 43.4 Å². The van der Waals surface area contributed by atoms with Gasteiger partial charge >= 0.3 is 0 Å². The summed E-state index contributed by atoms with van der Waals surface area (Å²) in [5.41, 5.74) is 0.674. The molecule has 0 radical (unpaired) electrons. The van der Waals surface area contributed by atoms with Gasteiger partial charge in [0.1, 0.15) is 16.8 Å². The summed E-state index contributed by atoms with van der Waals surface area (Å²) in [6.07, 6.45) is 0. The maximum Gasteiger partial charge on any atom is 0.276 e. The molecular weight excluding hydrogens is 335 g/mol. The van der Waals surface area contributed by atoms with Crippen LogP contribution in [0.3, 0.4) is 0 Å². The molecule has 1 N–H and O–H groups in total. The Hall–Kier alpha value is -2.55. The molecule has 7 heteroatoms. The molecule has 1 aromatic carbocycles. The van der Waals surface area contributed by atoms with Gasteiger partial charge in [0.2, 0.25) is 0 Å². The van der Waals surface area contributed by atoms with E-state index in [2.05, 4.69) is 10.3 Å². The maximum atomic E-state index is 12.8. The molecule has 0 aliphatic heterocycles. The topological polar surface area (TPSA) is 70.7 Å². The van der Waals surface area contributed by atoms with Gasteiger partial charge in [-0.05, 0) is 24.3 Å². The van der Waals surface area contributed by atoms with E-state index in [1.165, 1.54) is 4.57 Å². The number of hydrogen-bond acceptors (Lipinski definition) is 4. The van der Waals surface area contributed by atoms with Crippen LogP contribution < -0.4 is 10.9 Å². The average Bonchev–Trinajstić information content (AvgIpc) is 2.55. The molecule has 0 saturated carbocycles. The Morgan fingerprint density at radius 1 is 1.22 bits per heavy atom. The molecule has 3 rings (SSSR count). The third-order valence-electron chi connectivity index (χ3n) is 3.44. The number of pyridine rings is 2. The van der Waals surface area contributed by atoms with Gasteiger partial charge in [0, 0.05) is 12.4 Å². The van der Waals surface area contributed by atoms with Crippen molar-refractivity contribution in [3.8, 4) is 11.8 Å². The molecule has 2 aromatic heterocycles. The van der Waals surface area contributed by atoms with E-state index >= 15 is 0 Å². The number of aromatic nitrogens is 2. The minimum absolute atomic E-state index is 0.0101. The minimum Gasteiger partial charge on any atom is -0.386 e. The number of nitriles is 1. The first-order chi connectivity index (χ1) is 11.1. The summed E-state index contributed by atoms with van der Waals surface area (Å²) in [6.45, 7) is 0. The maximum absolute atomic E-state index is 12.8. The molecule has 114 valence electrons. The fraction of sp³-hybridized carbons (Fsp3) is 0.0625. The first kappa shape index (κ1) is 15.3. The molecule has 5 nitrogen and oxygen atoms in total. The number of hydrogen-bond donors (Lipinski definition) is 1. The zero-order valence-corrected chi connectivity index (χ0v) is 13.5. The highest BCUT2D eigenvalue weighted by molar-refractivity contribution is 6.32. The quantitative estimate of drug-likeness (QED) is 0.721. The van der Waals surface area contributed by atoms with Gasteiger partial charge in [-0.25, -0.2) is 4.98 Å². The van der Waals surface area contributed by atoms with Crippen LogP contribution in [0.25, 0.3) is 16.7 Å². The lowest BCUT2D eigenvalue weighted by Crippen LogP contribution is -2.24. The molecule has 0 atom stereocenters. The van der Waals surface area contributed by atoms with Gasteiger partial charge in [-0.15, -0.1) is 0 Å². The van der Waals surface area contributed by atoms with Crippen molar-refractivity contribution >= 4 is 39.9 Å². The number of anilines is 1. The first-order valence-corrected chi connectivity index (χ1v) is 7.42. The number of nitrogens with one attached hydrogen (secondary N) is 1. The molecule has 3 aromatic rings. The Morgan fingerprint density at radius 3 is 2.61 bits per heavy atom. The van der Waals surface area contributed by atoms with E-state index < -0.39 is 5.56 Å². The number of benzene rings is 1. The number of halogens is 2. The third kappa shape index (κ3) is 2.42. The second-order valence-electron chi connectivity index (χ2n) is 4.71. The summed E-state index contributed by atoms with van der Waals surface area (Å²) >= 11 is 12.2. The highest BCUT2D eigenvalue weighted by Gasteiger charge is 2.19. The van der Waals surface area contributed by atoms with E-state index in [9.17, 15) is 10.1 Å². The van der Waals surface area contributed by atoms with Crippen LogP contribution in [0.5, 0.6) is 0 Å². The summed E-state index contributed by atoms with van der Waals surface area (Å²) < 4.78 is 1.31. The summed E-state index contributed by atoms with van der Waals surface area (Å²) in [7, 11) is 1.64. The van der Waals surface area contributed by atoms with Crippen molar-refractivity contribution in [2.75, 3.05) is 12.4 Å². The Balaban J connectivity index is 2.59. The lowest BCUT2D eigenvalue weighted by atomic mass is 10.1. The van der Waals surface area contributed by atoms with E-state index in [0.717, 1.165) is 0 Å². The van der Waals surface area contributed by atoms with Crippen molar-refractivity contribution in [1.82, 2.24) is 9.55 Å². The summed E-state index contributed by atoms with van der Waals surface area (Å²) in [4.78, 5) is 17.1. The number of para-hydroxylation sites is 1. The third-order valence-corrected chi connectivity index (χ3v) is 3.97. The standard InChI is InChI=1S/C16H10Cl2N4O/c1-20-14-9-6-7-13(18)21-15(9)22(16(23)10(14)8-19)12-5-3-2-4-11(12)17/h2-7,20H,1H3. The van der Waals surface area contributed by atoms with Gasteiger partial charge in [-0.1, -0.05) is 35.3 Å². The molecule has 0 aliphatic rings. The van der Waals surface area contributed by atoms with Crippen LogP contribution in [0.1, 0.15) is 5.56 Å². The van der Waals surface area contributed by atoms with Gasteiger partial charge in [0.25, 0.3) is 5.56 Å². The predicted molar refractivity (Wildman–Crippen MR) is 91.6 cm³/mol. The van der Waals surface area contributed by atoms with Gasteiger partial charge < -0.3 is 5.32 Å². The zero-order valence-electron chi connectivity index (χ0n) is 12.0. The molecule has 2 heterocycles. The lowest BCUT2D eigenvalue weighted by molar-refractivity contribution is 1.01. The molecular formula is C16H10Cl2N4O. The second-order valence-corrected chi connectivity index (χ2v) is 5.50. The van der Waals surface area contributed by atoms with Crippen LogP contribution in [0.15, 0.2) is 41.2 Å². The van der Waals surface area contributed by atoms with Crippen molar-refractivity contribution in [3.05, 3.63) is 62.5 Å². The van der Waals surface area contributed by atoms with E-state index in [1.807, 2.05) is 6.07 Å². The Morgan fingerprint density at radius 2 is 1.96 bits per heavy atom. The summed E-state index contributed by atoms with van der Waals surface area (Å²) in [5, 5.41) is 13.5. The molecule has 0 aliphatic carbocycles. The largest absolute Gasteiger partial charge is 0.386 e. The van der Waals surface area contributed by atoms with Crippen LogP contribution in [-0.2, 0) is 0 Å². The molecule has 0 bridgehead atoms. The van der Waals surface area contributed by atoms with Crippen LogP contribution in [0.4, 0.5) is 5.69 Å². The predicted octanol–water partition coefficient (Wildman–Crippen LogP) is 3.61. The molecule has 23 heavy (non-hydrogen) atoms. The van der Waals surface area contributed by atoms with Crippen LogP contribution >= 0.6 is 23.2 Å². The monoisotopic (exact) mass is 344 g/mol. The molecule has 0 amide bonds. The Kier molecular flexibility index (Phi) is 3.95. The smallest absolute Gasteiger partial charge is 0.276 e. The number of rotatable bonds is 2. The highest BCUT2D eigenvalue weighted by Crippen LogP contribution is 2.28. The fourth-order valence-corrected chi connectivity index (χ4v) is 2.82. The molecule has 0 unspecified atom stereocenters. The molecule has 0 spiro atoms. The number of fused-ring (bicyclic) bond motifs is 1. The van der Waals surface area contributed by atoms with Gasteiger partial charge in [0.05, 0.1) is 16.4 Å². The van der Waals surface area contributed by atoms with Crippen molar-refractivity contribution in [3.63, 3.8) is 0 Å². The van der Waals surface area contributed by atoms with Crippen LogP contribution in [0, 0.1) is 11.3 Å². The van der Waals surface area contributed by atoms with E-state index in [4.69, 9.17) is 23.2 Å². The number of nitrogens with zero attached hydrogens (tertiary/aromatic N) is 3. The minimum atomic E-state index is -0.507. The fourth-order valence-electron chi connectivity index (χ4n) is 2.46. The first-order valence-electron chi connectivity index (χ1n) is 6.66. The Bertz CT molecular complexity index is 1020. The van der Waals surface area contributed by atoms with E-state index in [0.29, 0.717) is 27.4 Å². The Labute approximate surface area is 141 Å². The van der Waals surface area contributed by atoms with E-state index in [-0.39, 0.29) is 10.7 Å². The lowest BCUT2D eigenvalue weighted by Gasteiger charge is -2.15. The van der Waals surface area contributed by atoms with Crippen molar-refractivity contribution in [1.29, 1.82) is 5.26 Å². The molecule has 0 saturated heterocycles. The average molecular weight is 345 g/mol. The van der Waals surface area contributed by atoms with Gasteiger partial charge in [-0.3, -0.25) is 9.36 Å². The highest BCUT2D eigenvalue weighted by atomic mass is 35.5. The second kappa shape index (κ2) is 5.92.